The molecule has 2 amide bonds. The number of amides is 2. The van der Waals surface area contributed by atoms with E-state index < -0.39 is 21.9 Å². The van der Waals surface area contributed by atoms with E-state index >= 15 is 0 Å². The first-order valence-corrected chi connectivity index (χ1v) is 11.2. The Bertz CT molecular complexity index is 1040. The molecule has 0 spiro atoms. The zero-order chi connectivity index (χ0) is 21.3. The topological polar surface area (TPSA) is 78.0 Å². The maximum absolute atomic E-state index is 13.2. The van der Waals surface area contributed by atoms with Crippen LogP contribution in [0.2, 0.25) is 0 Å². The van der Waals surface area contributed by atoms with Crippen LogP contribution in [0.4, 0.5) is 4.39 Å². The Balaban J connectivity index is 1.51. The van der Waals surface area contributed by atoms with Gasteiger partial charge in [0.2, 0.25) is 21.8 Å². The van der Waals surface area contributed by atoms with Crippen molar-refractivity contribution < 1.29 is 22.4 Å². The Morgan fingerprint density at radius 1 is 0.933 bits per heavy atom. The number of benzene rings is 2. The smallest absolute Gasteiger partial charge is 0.246 e. The molecule has 0 aliphatic carbocycles. The summed E-state index contributed by atoms with van der Waals surface area (Å²) in [4.78, 5) is 28.8. The van der Waals surface area contributed by atoms with Crippen LogP contribution in [0.1, 0.15) is 12.0 Å². The normalized spacial score (nSPS) is 20.8. The highest BCUT2D eigenvalue weighted by molar-refractivity contribution is 7.89. The minimum absolute atomic E-state index is 0.00729. The highest BCUT2D eigenvalue weighted by atomic mass is 32.2. The molecule has 0 bridgehead atoms. The maximum Gasteiger partial charge on any atom is 0.246 e. The minimum Gasteiger partial charge on any atom is -0.328 e. The van der Waals surface area contributed by atoms with Crippen LogP contribution in [0, 0.1) is 5.82 Å². The van der Waals surface area contributed by atoms with Crippen molar-refractivity contribution in [2.75, 3.05) is 26.2 Å². The number of halogens is 1. The van der Waals surface area contributed by atoms with Gasteiger partial charge in [-0.25, -0.2) is 12.8 Å². The number of fused-ring (bicyclic) bond motifs is 1. The summed E-state index contributed by atoms with van der Waals surface area (Å²) in [7, 11) is -3.84. The van der Waals surface area contributed by atoms with Gasteiger partial charge in [0.1, 0.15) is 18.4 Å². The second-order valence-corrected chi connectivity index (χ2v) is 9.37. The second-order valence-electron chi connectivity index (χ2n) is 7.43. The molecule has 1 atom stereocenters. The first-order valence-electron chi connectivity index (χ1n) is 9.74. The average molecular weight is 431 g/mol. The zero-order valence-corrected chi connectivity index (χ0v) is 17.1. The molecular formula is C21H22FN3O4S. The number of rotatable bonds is 4. The standard InChI is InChI=1S/C21H22FN3O4S/c22-17-6-8-18(9-7-17)30(28,29)24-11-10-19-21(27)23(14-16-4-2-1-3-5-16)15-20(26)25(19)13-12-24/h1-9,19H,10-15H2. The molecule has 0 N–H and O–H groups in total. The summed E-state index contributed by atoms with van der Waals surface area (Å²) < 4.78 is 40.3. The Kier molecular flexibility index (Phi) is 5.57. The lowest BCUT2D eigenvalue weighted by molar-refractivity contribution is -0.156. The van der Waals surface area contributed by atoms with Gasteiger partial charge in [0.05, 0.1) is 4.90 Å². The van der Waals surface area contributed by atoms with Crippen molar-refractivity contribution in [3.63, 3.8) is 0 Å². The van der Waals surface area contributed by atoms with E-state index in [-0.39, 0.29) is 49.3 Å². The number of piperazine rings is 1. The molecule has 4 rings (SSSR count). The number of carbonyl (C=O) groups excluding carboxylic acids is 2. The molecule has 158 valence electrons. The predicted octanol–water partition coefficient (Wildman–Crippen LogP) is 1.46. The van der Waals surface area contributed by atoms with Crippen molar-refractivity contribution in [3.05, 3.63) is 66.0 Å². The molecule has 2 aromatic carbocycles. The molecule has 0 saturated carbocycles. The molecule has 9 heteroatoms. The van der Waals surface area contributed by atoms with E-state index in [0.29, 0.717) is 6.54 Å². The van der Waals surface area contributed by atoms with Crippen LogP contribution in [0.5, 0.6) is 0 Å². The predicted molar refractivity (Wildman–Crippen MR) is 107 cm³/mol. The Hall–Kier alpha value is -2.78. The van der Waals surface area contributed by atoms with Gasteiger partial charge in [0.15, 0.2) is 0 Å². The Morgan fingerprint density at radius 2 is 1.63 bits per heavy atom. The van der Waals surface area contributed by atoms with E-state index in [1.54, 1.807) is 0 Å². The van der Waals surface area contributed by atoms with Crippen LogP contribution in [-0.4, -0.2) is 66.6 Å². The second kappa shape index (κ2) is 8.16. The molecule has 30 heavy (non-hydrogen) atoms. The third kappa shape index (κ3) is 3.95. The number of hydrogen-bond donors (Lipinski definition) is 0. The fraction of sp³-hybridized carbons (Fsp3) is 0.333. The maximum atomic E-state index is 13.2. The van der Waals surface area contributed by atoms with Crippen LogP contribution in [-0.2, 0) is 26.2 Å². The number of nitrogens with zero attached hydrogens (tertiary/aromatic N) is 3. The van der Waals surface area contributed by atoms with Crippen molar-refractivity contribution in [2.24, 2.45) is 0 Å². The van der Waals surface area contributed by atoms with Crippen LogP contribution in [0.15, 0.2) is 59.5 Å². The van der Waals surface area contributed by atoms with Gasteiger partial charge in [-0.15, -0.1) is 0 Å². The summed E-state index contributed by atoms with van der Waals surface area (Å²) in [6.45, 7) is 0.671. The van der Waals surface area contributed by atoms with Gasteiger partial charge in [-0.05, 0) is 36.2 Å². The van der Waals surface area contributed by atoms with Gasteiger partial charge in [-0.3, -0.25) is 9.59 Å². The molecule has 0 radical (unpaired) electrons. The number of carbonyl (C=O) groups is 2. The molecule has 2 aliphatic heterocycles. The number of hydrogen-bond acceptors (Lipinski definition) is 4. The summed E-state index contributed by atoms with van der Waals surface area (Å²) in [5, 5.41) is 0. The lowest BCUT2D eigenvalue weighted by atomic mass is 10.1. The molecule has 1 unspecified atom stereocenters. The van der Waals surface area contributed by atoms with E-state index in [9.17, 15) is 22.4 Å². The molecule has 2 heterocycles. The lowest BCUT2D eigenvalue weighted by Gasteiger charge is -2.39. The third-order valence-electron chi connectivity index (χ3n) is 5.53. The number of sulfonamides is 1. The van der Waals surface area contributed by atoms with Gasteiger partial charge >= 0.3 is 0 Å². The summed E-state index contributed by atoms with van der Waals surface area (Å²) >= 11 is 0. The van der Waals surface area contributed by atoms with Gasteiger partial charge in [-0.1, -0.05) is 30.3 Å². The summed E-state index contributed by atoms with van der Waals surface area (Å²) in [5.41, 5.74) is 0.932. The highest BCUT2D eigenvalue weighted by Gasteiger charge is 2.42. The van der Waals surface area contributed by atoms with E-state index in [2.05, 4.69) is 0 Å². The zero-order valence-electron chi connectivity index (χ0n) is 16.3. The molecule has 0 aromatic heterocycles. The van der Waals surface area contributed by atoms with Gasteiger partial charge in [0, 0.05) is 26.2 Å². The molecule has 2 fully saturated rings. The highest BCUT2D eigenvalue weighted by Crippen LogP contribution is 2.24. The molecule has 7 nitrogen and oxygen atoms in total. The van der Waals surface area contributed by atoms with Crippen molar-refractivity contribution in [1.82, 2.24) is 14.1 Å². The van der Waals surface area contributed by atoms with Crippen molar-refractivity contribution in [2.45, 2.75) is 23.9 Å². The lowest BCUT2D eigenvalue weighted by Crippen LogP contribution is -2.59. The van der Waals surface area contributed by atoms with Crippen LogP contribution < -0.4 is 0 Å². The molecular weight excluding hydrogens is 409 g/mol. The van der Waals surface area contributed by atoms with E-state index in [1.807, 2.05) is 30.3 Å². The first-order chi connectivity index (χ1) is 14.4. The van der Waals surface area contributed by atoms with Gasteiger partial charge in [0.25, 0.3) is 0 Å². The van der Waals surface area contributed by atoms with Crippen LogP contribution in [0.3, 0.4) is 0 Å². The average Bonchev–Trinajstić information content (AvgIpc) is 2.97. The van der Waals surface area contributed by atoms with Crippen LogP contribution >= 0.6 is 0 Å². The first kappa shape index (κ1) is 20.5. The van der Waals surface area contributed by atoms with Crippen molar-refractivity contribution >= 4 is 21.8 Å². The summed E-state index contributed by atoms with van der Waals surface area (Å²) in [5.74, 6) is -0.868. The van der Waals surface area contributed by atoms with Crippen molar-refractivity contribution in [1.29, 1.82) is 0 Å². The van der Waals surface area contributed by atoms with Crippen LogP contribution in [0.25, 0.3) is 0 Å². The monoisotopic (exact) mass is 431 g/mol. The van der Waals surface area contributed by atoms with Gasteiger partial charge in [-0.2, -0.15) is 4.31 Å². The fourth-order valence-electron chi connectivity index (χ4n) is 3.94. The molecule has 2 aromatic rings. The summed E-state index contributed by atoms with van der Waals surface area (Å²) in [6.07, 6.45) is 0.219. The Labute approximate surface area is 174 Å². The SMILES string of the molecule is O=C1C2CCN(S(=O)(=O)c3ccc(F)cc3)CCN2C(=O)CN1Cc1ccccc1. The van der Waals surface area contributed by atoms with E-state index in [4.69, 9.17) is 0 Å². The molecule has 2 saturated heterocycles. The minimum atomic E-state index is -3.84. The Morgan fingerprint density at radius 3 is 2.33 bits per heavy atom. The van der Waals surface area contributed by atoms with Crippen molar-refractivity contribution in [3.8, 4) is 0 Å². The molecule has 2 aliphatic rings. The summed E-state index contributed by atoms with van der Waals surface area (Å²) in [6, 6.07) is 13.4. The van der Waals surface area contributed by atoms with Gasteiger partial charge < -0.3 is 9.80 Å². The third-order valence-corrected chi connectivity index (χ3v) is 7.44. The van der Waals surface area contributed by atoms with E-state index in [0.717, 1.165) is 17.7 Å². The quantitative estimate of drug-likeness (QED) is 0.734. The fourth-order valence-corrected chi connectivity index (χ4v) is 5.39. The largest absolute Gasteiger partial charge is 0.328 e. The van der Waals surface area contributed by atoms with E-state index in [1.165, 1.54) is 26.2 Å².